The van der Waals surface area contributed by atoms with E-state index in [2.05, 4.69) is 0 Å². The minimum absolute atomic E-state index is 0.236. The van der Waals surface area contributed by atoms with Gasteiger partial charge < -0.3 is 44.8 Å². The third-order valence-corrected chi connectivity index (χ3v) is 6.84. The van der Waals surface area contributed by atoms with Crippen LogP contribution >= 0.6 is 0 Å². The summed E-state index contributed by atoms with van der Waals surface area (Å²) in [7, 11) is 0. The molecule has 1 aliphatic carbocycles. The number of allylic oxidation sites excluding steroid dienone is 2. The molecule has 10 heteroatoms. The molecule has 10 nitrogen and oxygen atoms in total. The highest BCUT2D eigenvalue weighted by Gasteiger charge is 2.67. The van der Waals surface area contributed by atoms with Crippen LogP contribution in [-0.2, 0) is 19.0 Å². The minimum atomic E-state index is -1.54. The predicted molar refractivity (Wildman–Crippen MR) is 106 cm³/mol. The van der Waals surface area contributed by atoms with Gasteiger partial charge in [0, 0.05) is 17.9 Å². The fourth-order valence-corrected chi connectivity index (χ4v) is 4.95. The first kappa shape index (κ1) is 24.3. The Morgan fingerprint density at radius 2 is 1.84 bits per heavy atom. The molecule has 2 bridgehead atoms. The molecule has 176 valence electrons. The lowest BCUT2D eigenvalue weighted by molar-refractivity contribution is -0.319. The van der Waals surface area contributed by atoms with Crippen molar-refractivity contribution < 1.29 is 49.6 Å². The van der Waals surface area contributed by atoms with E-state index in [1.165, 1.54) is 0 Å². The monoisotopic (exact) mass is 444 g/mol. The summed E-state index contributed by atoms with van der Waals surface area (Å²) in [6.07, 6.45) is -2.65. The number of aliphatic hydroxyl groups excluding tert-OH is 4. The molecular weight excluding hydrogens is 412 g/mol. The van der Waals surface area contributed by atoms with Crippen molar-refractivity contribution in [2.24, 2.45) is 5.41 Å². The molecule has 0 amide bonds. The second kappa shape index (κ2) is 8.53. The van der Waals surface area contributed by atoms with Crippen LogP contribution in [0.4, 0.5) is 0 Å². The number of aliphatic carboxylic acids is 1. The van der Waals surface area contributed by atoms with Gasteiger partial charge in [-0.05, 0) is 31.9 Å². The van der Waals surface area contributed by atoms with E-state index in [9.17, 15) is 30.3 Å². The number of carbonyl (C=O) groups is 1. The molecule has 0 aromatic rings. The van der Waals surface area contributed by atoms with Crippen molar-refractivity contribution in [3.63, 3.8) is 0 Å². The molecule has 6 N–H and O–H groups in total. The molecule has 3 aliphatic rings. The van der Waals surface area contributed by atoms with Crippen LogP contribution < -0.4 is 0 Å². The summed E-state index contributed by atoms with van der Waals surface area (Å²) in [6, 6.07) is 0. The summed E-state index contributed by atoms with van der Waals surface area (Å²) in [5, 5.41) is 60.0. The van der Waals surface area contributed by atoms with Gasteiger partial charge in [0.1, 0.15) is 35.6 Å². The molecule has 0 radical (unpaired) electrons. The predicted octanol–water partition coefficient (Wildman–Crippen LogP) is -0.921. The Bertz CT molecular complexity index is 728. The fraction of sp³-hybridized carbons (Fsp3) is 0.762. The number of carboxylic acids is 1. The highest BCUT2D eigenvalue weighted by molar-refractivity contribution is 5.81. The van der Waals surface area contributed by atoms with E-state index < -0.39 is 66.0 Å². The molecule has 0 spiro atoms. The molecule has 0 aromatic carbocycles. The number of carboxylic acid groups (broad SMARTS) is 1. The minimum Gasteiger partial charge on any atom is -0.478 e. The number of ether oxygens (including phenoxy) is 3. The number of rotatable bonds is 6. The summed E-state index contributed by atoms with van der Waals surface area (Å²) in [6.45, 7) is 4.88. The smallest absolute Gasteiger partial charge is 0.328 e. The lowest BCUT2D eigenvalue weighted by Crippen LogP contribution is -2.63. The molecule has 2 heterocycles. The van der Waals surface area contributed by atoms with Crippen molar-refractivity contribution in [3.8, 4) is 0 Å². The van der Waals surface area contributed by atoms with Gasteiger partial charge in [-0.2, -0.15) is 0 Å². The van der Waals surface area contributed by atoms with Gasteiger partial charge >= 0.3 is 5.97 Å². The topological polar surface area (TPSA) is 166 Å². The van der Waals surface area contributed by atoms with Crippen LogP contribution in [0.1, 0.15) is 33.6 Å². The molecular formula is C21H32O10. The summed E-state index contributed by atoms with van der Waals surface area (Å²) in [4.78, 5) is 10.9. The van der Waals surface area contributed by atoms with Gasteiger partial charge in [-0.3, -0.25) is 0 Å². The van der Waals surface area contributed by atoms with Gasteiger partial charge in [0.25, 0.3) is 0 Å². The molecule has 2 aliphatic heterocycles. The number of aliphatic hydroxyl groups is 5. The quantitative estimate of drug-likeness (QED) is 0.223. The summed E-state index contributed by atoms with van der Waals surface area (Å²) < 4.78 is 17.3. The highest BCUT2D eigenvalue weighted by atomic mass is 16.7. The average molecular weight is 444 g/mol. The van der Waals surface area contributed by atoms with Crippen LogP contribution in [-0.4, -0.2) is 97.8 Å². The zero-order chi connectivity index (χ0) is 23.2. The van der Waals surface area contributed by atoms with E-state index in [-0.39, 0.29) is 13.0 Å². The highest BCUT2D eigenvalue weighted by Crippen LogP contribution is 2.58. The molecule has 0 aromatic heterocycles. The third kappa shape index (κ3) is 4.19. The molecule has 3 fully saturated rings. The maximum absolute atomic E-state index is 11.6. The van der Waals surface area contributed by atoms with Crippen LogP contribution in [0.5, 0.6) is 0 Å². The Balaban J connectivity index is 1.78. The van der Waals surface area contributed by atoms with Gasteiger partial charge in [-0.1, -0.05) is 13.0 Å². The van der Waals surface area contributed by atoms with Crippen molar-refractivity contribution in [2.75, 3.05) is 13.2 Å². The van der Waals surface area contributed by atoms with Gasteiger partial charge in [0.05, 0.1) is 19.3 Å². The van der Waals surface area contributed by atoms with Crippen LogP contribution in [0.15, 0.2) is 23.8 Å². The largest absolute Gasteiger partial charge is 0.478 e. The Kier molecular flexibility index (Phi) is 6.68. The summed E-state index contributed by atoms with van der Waals surface area (Å²) in [5.74, 6) is -1.08. The summed E-state index contributed by atoms with van der Waals surface area (Å²) in [5.41, 5.74) is -2.77. The van der Waals surface area contributed by atoms with Crippen molar-refractivity contribution in [3.05, 3.63) is 23.8 Å². The molecule has 9 atom stereocenters. The second-order valence-electron chi connectivity index (χ2n) is 9.27. The maximum Gasteiger partial charge on any atom is 0.328 e. The van der Waals surface area contributed by atoms with Gasteiger partial charge in [0.2, 0.25) is 0 Å². The third-order valence-electron chi connectivity index (χ3n) is 6.84. The first-order valence-electron chi connectivity index (χ1n) is 10.3. The number of fused-ring (bicyclic) bond motifs is 2. The SMILES string of the molecule is CC(/C=C/[C@@]1(O)[C@]2(C)CO[C@@]1(C)C[C@H](O[C@@H]1O[C@H](CO)[C@@H](O)[C@H](O)[C@H]1O)C2)=C\C(=O)O. The molecule has 1 saturated carbocycles. The number of hydrogen-bond acceptors (Lipinski definition) is 9. The Morgan fingerprint density at radius 1 is 1.16 bits per heavy atom. The van der Waals surface area contributed by atoms with Gasteiger partial charge in [-0.25, -0.2) is 4.79 Å². The van der Waals surface area contributed by atoms with Crippen LogP contribution in [0.3, 0.4) is 0 Å². The summed E-state index contributed by atoms with van der Waals surface area (Å²) >= 11 is 0. The van der Waals surface area contributed by atoms with Crippen LogP contribution in [0, 0.1) is 5.41 Å². The molecule has 0 unspecified atom stereocenters. The standard InChI is InChI=1S/C21H32O10/c1-11(6-14(23)24)4-5-21(28)19(2)7-12(8-20(21,3)29-10-19)30-18-17(27)16(26)15(25)13(9-22)31-18/h4-6,12-13,15-18,22,25-28H,7-10H2,1-3H3,(H,23,24)/b5-4+,11-6+/t12-,13-,15-,16+,17-,18-,19+,20+,21-/m1/s1. The van der Waals surface area contributed by atoms with Crippen molar-refractivity contribution in [1.82, 2.24) is 0 Å². The molecule has 3 rings (SSSR count). The van der Waals surface area contributed by atoms with E-state index >= 15 is 0 Å². The Hall–Kier alpha value is -1.37. The molecule has 31 heavy (non-hydrogen) atoms. The van der Waals surface area contributed by atoms with Crippen molar-refractivity contribution in [2.45, 2.75) is 81.6 Å². The van der Waals surface area contributed by atoms with E-state index in [1.54, 1.807) is 26.0 Å². The van der Waals surface area contributed by atoms with Crippen LogP contribution in [0.25, 0.3) is 0 Å². The van der Waals surface area contributed by atoms with Crippen molar-refractivity contribution in [1.29, 1.82) is 0 Å². The first-order chi connectivity index (χ1) is 14.4. The zero-order valence-corrected chi connectivity index (χ0v) is 17.8. The second-order valence-corrected chi connectivity index (χ2v) is 9.27. The first-order valence-corrected chi connectivity index (χ1v) is 10.3. The lowest BCUT2D eigenvalue weighted by atomic mass is 9.59. The van der Waals surface area contributed by atoms with E-state index in [0.717, 1.165) is 6.08 Å². The Labute approximate surface area is 180 Å². The molecule has 2 saturated heterocycles. The van der Waals surface area contributed by atoms with E-state index in [4.69, 9.17) is 19.3 Å². The van der Waals surface area contributed by atoms with Gasteiger partial charge in [0.15, 0.2) is 6.29 Å². The zero-order valence-electron chi connectivity index (χ0n) is 17.8. The normalized spacial score (nSPS) is 48.3. The fourth-order valence-electron chi connectivity index (χ4n) is 4.95. The maximum atomic E-state index is 11.6. The van der Waals surface area contributed by atoms with Gasteiger partial charge in [-0.15, -0.1) is 0 Å². The van der Waals surface area contributed by atoms with E-state index in [1.807, 2.05) is 6.92 Å². The number of hydrogen-bond donors (Lipinski definition) is 6. The van der Waals surface area contributed by atoms with Crippen molar-refractivity contribution >= 4 is 5.97 Å². The van der Waals surface area contributed by atoms with E-state index in [0.29, 0.717) is 12.0 Å². The average Bonchev–Trinajstić information content (AvgIpc) is 2.79. The van der Waals surface area contributed by atoms with Crippen LogP contribution in [0.2, 0.25) is 0 Å². The Morgan fingerprint density at radius 3 is 2.42 bits per heavy atom. The lowest BCUT2D eigenvalue weighted by Gasteiger charge is -2.51.